The molecule has 0 saturated carbocycles. The van der Waals surface area contributed by atoms with Gasteiger partial charge in [0.25, 0.3) is 0 Å². The smallest absolute Gasteiger partial charge is 0.326 e. The number of para-hydroxylation sites is 2. The Morgan fingerprint density at radius 3 is 2.74 bits per heavy atom. The maximum absolute atomic E-state index is 12.3. The van der Waals surface area contributed by atoms with Crippen molar-refractivity contribution in [2.45, 2.75) is 44.2 Å². The summed E-state index contributed by atoms with van der Waals surface area (Å²) in [6.07, 6.45) is 6.19. The van der Waals surface area contributed by atoms with Crippen LogP contribution < -0.4 is 5.69 Å². The fourth-order valence-corrected chi connectivity index (χ4v) is 4.04. The van der Waals surface area contributed by atoms with Crippen LogP contribution >= 0.6 is 0 Å². The van der Waals surface area contributed by atoms with Crippen LogP contribution in [0.15, 0.2) is 29.1 Å². The minimum atomic E-state index is 0.0280. The van der Waals surface area contributed by atoms with E-state index in [1.165, 1.54) is 19.3 Å². The second kappa shape index (κ2) is 6.49. The van der Waals surface area contributed by atoms with Crippen molar-refractivity contribution < 1.29 is 4.74 Å². The monoisotopic (exact) mass is 315 g/mol. The summed E-state index contributed by atoms with van der Waals surface area (Å²) in [5, 5.41) is 0. The van der Waals surface area contributed by atoms with Crippen LogP contribution in [-0.4, -0.2) is 46.8 Å². The second-order valence-corrected chi connectivity index (χ2v) is 6.84. The zero-order chi connectivity index (χ0) is 15.6. The highest BCUT2D eigenvalue weighted by Crippen LogP contribution is 2.25. The average molecular weight is 315 g/mol. The third-order valence-electron chi connectivity index (χ3n) is 5.28. The Labute approximate surface area is 136 Å². The van der Waals surface area contributed by atoms with E-state index in [9.17, 15) is 4.79 Å². The Hall–Kier alpha value is -1.59. The van der Waals surface area contributed by atoms with E-state index in [0.717, 1.165) is 50.1 Å². The van der Waals surface area contributed by atoms with Gasteiger partial charge in [-0.05, 0) is 44.2 Å². The van der Waals surface area contributed by atoms with Gasteiger partial charge in [-0.15, -0.1) is 0 Å². The minimum absolute atomic E-state index is 0.0280. The number of ether oxygens (including phenoxy) is 1. The fourth-order valence-electron chi connectivity index (χ4n) is 4.04. The summed E-state index contributed by atoms with van der Waals surface area (Å²) < 4.78 is 7.82. The number of hydrogen-bond acceptors (Lipinski definition) is 3. The van der Waals surface area contributed by atoms with Crippen molar-refractivity contribution >= 4 is 11.0 Å². The molecule has 0 aliphatic carbocycles. The predicted octanol–water partition coefficient (Wildman–Crippen LogP) is 2.54. The van der Waals surface area contributed by atoms with Crippen molar-refractivity contribution in [2.75, 3.05) is 26.2 Å². The van der Waals surface area contributed by atoms with Crippen LogP contribution in [0.4, 0.5) is 0 Å². The molecule has 2 saturated heterocycles. The van der Waals surface area contributed by atoms with Gasteiger partial charge in [0.05, 0.1) is 17.1 Å². The van der Waals surface area contributed by atoms with Crippen LogP contribution in [-0.2, 0) is 4.74 Å². The third kappa shape index (κ3) is 3.08. The fraction of sp³-hybridized carbons (Fsp3) is 0.611. The molecule has 1 aromatic carbocycles. The van der Waals surface area contributed by atoms with Gasteiger partial charge in [-0.1, -0.05) is 12.1 Å². The predicted molar refractivity (Wildman–Crippen MR) is 90.9 cm³/mol. The number of nitrogens with zero attached hydrogens (tertiary/aromatic N) is 2. The number of piperidine rings is 1. The average Bonchev–Trinajstić information content (AvgIpc) is 2.92. The lowest BCUT2D eigenvalue weighted by Gasteiger charge is -2.35. The number of hydrogen-bond donors (Lipinski definition) is 1. The Kier molecular flexibility index (Phi) is 4.23. The maximum atomic E-state index is 12.3. The molecule has 0 bridgehead atoms. The highest BCUT2D eigenvalue weighted by Gasteiger charge is 2.25. The molecule has 1 aromatic heterocycles. The van der Waals surface area contributed by atoms with Crippen molar-refractivity contribution in [2.24, 2.45) is 0 Å². The Morgan fingerprint density at radius 1 is 1.13 bits per heavy atom. The van der Waals surface area contributed by atoms with Gasteiger partial charge in [0, 0.05) is 32.3 Å². The van der Waals surface area contributed by atoms with E-state index in [0.29, 0.717) is 12.1 Å². The number of likely N-dealkylation sites (tertiary alicyclic amines) is 1. The Balaban J connectivity index is 1.42. The van der Waals surface area contributed by atoms with Gasteiger partial charge in [-0.3, -0.25) is 4.57 Å². The first-order valence-electron chi connectivity index (χ1n) is 8.84. The van der Waals surface area contributed by atoms with Crippen molar-refractivity contribution in [3.05, 3.63) is 34.7 Å². The van der Waals surface area contributed by atoms with Crippen LogP contribution in [0.3, 0.4) is 0 Å². The van der Waals surface area contributed by atoms with Crippen molar-refractivity contribution in [1.82, 2.24) is 14.5 Å². The molecule has 0 spiro atoms. The molecule has 2 aliphatic rings. The molecule has 2 aromatic rings. The summed E-state index contributed by atoms with van der Waals surface area (Å²) in [7, 11) is 0. The largest absolute Gasteiger partial charge is 0.377 e. The molecule has 5 nitrogen and oxygen atoms in total. The summed E-state index contributed by atoms with van der Waals surface area (Å²) in [5.74, 6) is 0. The van der Waals surface area contributed by atoms with Crippen LogP contribution in [0.1, 0.15) is 38.1 Å². The molecule has 1 atom stereocenters. The summed E-state index contributed by atoms with van der Waals surface area (Å²) >= 11 is 0. The van der Waals surface area contributed by atoms with Gasteiger partial charge in [0.1, 0.15) is 0 Å². The first kappa shape index (κ1) is 15.0. The van der Waals surface area contributed by atoms with E-state index in [4.69, 9.17) is 4.74 Å². The number of aromatic nitrogens is 2. The number of benzene rings is 1. The molecule has 0 amide bonds. The van der Waals surface area contributed by atoms with Gasteiger partial charge in [-0.25, -0.2) is 4.79 Å². The van der Waals surface area contributed by atoms with E-state index in [1.807, 2.05) is 28.8 Å². The Morgan fingerprint density at radius 2 is 1.96 bits per heavy atom. The molecule has 2 aliphatic heterocycles. The van der Waals surface area contributed by atoms with Crippen LogP contribution in [0.25, 0.3) is 11.0 Å². The molecular weight excluding hydrogens is 290 g/mol. The second-order valence-electron chi connectivity index (χ2n) is 6.84. The topological polar surface area (TPSA) is 50.3 Å². The van der Waals surface area contributed by atoms with Gasteiger partial charge in [0.2, 0.25) is 0 Å². The van der Waals surface area contributed by atoms with E-state index in [1.54, 1.807) is 0 Å². The van der Waals surface area contributed by atoms with Gasteiger partial charge >= 0.3 is 5.69 Å². The summed E-state index contributed by atoms with van der Waals surface area (Å²) in [4.78, 5) is 17.8. The molecular formula is C18H25N3O2. The quantitative estimate of drug-likeness (QED) is 0.947. The molecule has 1 N–H and O–H groups in total. The van der Waals surface area contributed by atoms with Crippen LogP contribution in [0.2, 0.25) is 0 Å². The van der Waals surface area contributed by atoms with Crippen molar-refractivity contribution in [1.29, 1.82) is 0 Å². The van der Waals surface area contributed by atoms with Crippen molar-refractivity contribution in [3.8, 4) is 0 Å². The number of imidazole rings is 1. The zero-order valence-corrected chi connectivity index (χ0v) is 13.5. The lowest BCUT2D eigenvalue weighted by atomic mass is 10.0. The van der Waals surface area contributed by atoms with Gasteiger partial charge < -0.3 is 14.6 Å². The first-order chi connectivity index (χ1) is 11.3. The van der Waals surface area contributed by atoms with E-state index < -0.39 is 0 Å². The summed E-state index contributed by atoms with van der Waals surface area (Å²) in [5.41, 5.74) is 2.00. The normalized spacial score (nSPS) is 24.3. The molecule has 1 unspecified atom stereocenters. The number of aromatic amines is 1. The van der Waals surface area contributed by atoms with Crippen LogP contribution in [0.5, 0.6) is 0 Å². The molecule has 3 heterocycles. The number of fused-ring (bicyclic) bond motifs is 1. The molecule has 2 fully saturated rings. The number of H-pyrrole nitrogens is 1. The lowest BCUT2D eigenvalue weighted by molar-refractivity contribution is -0.0108. The third-order valence-corrected chi connectivity index (χ3v) is 5.28. The zero-order valence-electron chi connectivity index (χ0n) is 13.5. The maximum Gasteiger partial charge on any atom is 0.326 e. The minimum Gasteiger partial charge on any atom is -0.377 e. The van der Waals surface area contributed by atoms with E-state index >= 15 is 0 Å². The summed E-state index contributed by atoms with van der Waals surface area (Å²) in [6.45, 7) is 4.08. The van der Waals surface area contributed by atoms with E-state index in [2.05, 4.69) is 9.88 Å². The Bertz CT molecular complexity index is 706. The van der Waals surface area contributed by atoms with Gasteiger partial charge in [-0.2, -0.15) is 0 Å². The van der Waals surface area contributed by atoms with Gasteiger partial charge in [0.15, 0.2) is 0 Å². The molecule has 0 radical (unpaired) electrons. The first-order valence-corrected chi connectivity index (χ1v) is 8.84. The number of rotatable bonds is 3. The van der Waals surface area contributed by atoms with Crippen molar-refractivity contribution in [3.63, 3.8) is 0 Å². The summed E-state index contributed by atoms with van der Waals surface area (Å²) in [6, 6.07) is 8.29. The number of nitrogens with one attached hydrogen (secondary N) is 1. The highest BCUT2D eigenvalue weighted by molar-refractivity contribution is 5.75. The van der Waals surface area contributed by atoms with E-state index in [-0.39, 0.29) is 5.69 Å². The molecule has 4 rings (SSSR count). The highest BCUT2D eigenvalue weighted by atomic mass is 16.5. The van der Waals surface area contributed by atoms with Crippen LogP contribution in [0, 0.1) is 0 Å². The molecule has 5 heteroatoms. The molecule has 124 valence electrons. The molecule has 23 heavy (non-hydrogen) atoms. The SMILES string of the molecule is O=c1[nH]c2ccccc2n1C1CCN(CC2CCCCO2)CC1. The lowest BCUT2D eigenvalue weighted by Crippen LogP contribution is -2.42. The standard InChI is InChI=1S/C18H25N3O2/c22-18-19-16-6-1-2-7-17(16)21(18)14-8-10-20(11-9-14)13-15-5-3-4-12-23-15/h1-2,6-7,14-15H,3-5,8-13H2,(H,19,22).